The molecule has 1 N–H and O–H groups in total. The van der Waals surface area contributed by atoms with Crippen molar-refractivity contribution < 1.29 is 9.50 Å². The summed E-state index contributed by atoms with van der Waals surface area (Å²) in [5, 5.41) is 8.89. The number of aromatic hydroxyl groups is 1. The largest absolute Gasteiger partial charge is 0.508 e. The lowest BCUT2D eigenvalue weighted by molar-refractivity contribution is 0.293. The number of benzene rings is 1. The van der Waals surface area contributed by atoms with Crippen molar-refractivity contribution in [2.24, 2.45) is 0 Å². The molecule has 21 heavy (non-hydrogen) atoms. The molecule has 0 aromatic heterocycles. The molecule has 0 saturated heterocycles. The van der Waals surface area contributed by atoms with Crippen LogP contribution in [0, 0.1) is 12.7 Å². The minimum absolute atomic E-state index is 0.0674. The van der Waals surface area contributed by atoms with Crippen molar-refractivity contribution >= 4 is 11.6 Å². The van der Waals surface area contributed by atoms with E-state index in [0.717, 1.165) is 12.1 Å². The van der Waals surface area contributed by atoms with Gasteiger partial charge in [0, 0.05) is 12.1 Å². The first-order valence-electron chi connectivity index (χ1n) is 7.60. The maximum atomic E-state index is 12.5. The van der Waals surface area contributed by atoms with E-state index < -0.39 is 5.82 Å². The molecule has 0 aliphatic carbocycles. The van der Waals surface area contributed by atoms with Crippen LogP contribution in [-0.2, 0) is 0 Å². The molecule has 0 heterocycles. The highest BCUT2D eigenvalue weighted by atomic mass is 35.5. The fourth-order valence-electron chi connectivity index (χ4n) is 1.47. The van der Waals surface area contributed by atoms with E-state index in [2.05, 4.69) is 32.8 Å². The summed E-state index contributed by atoms with van der Waals surface area (Å²) >= 11 is 5.46. The van der Waals surface area contributed by atoms with Gasteiger partial charge in [0.1, 0.15) is 11.6 Å². The average molecular weight is 320 g/mol. The predicted molar refractivity (Wildman–Crippen MR) is 91.8 cm³/mol. The summed E-state index contributed by atoms with van der Waals surface area (Å²) in [5.74, 6) is -0.682. The monoisotopic (exact) mass is 319 g/mol. The van der Waals surface area contributed by atoms with Crippen LogP contribution >= 0.6 is 11.6 Å². The zero-order chi connectivity index (χ0) is 17.0. The van der Waals surface area contributed by atoms with Crippen molar-refractivity contribution in [1.29, 1.82) is 0 Å². The van der Waals surface area contributed by atoms with E-state index in [0.29, 0.717) is 5.56 Å². The Morgan fingerprint density at radius 2 is 1.81 bits per heavy atom. The van der Waals surface area contributed by atoms with Crippen LogP contribution in [0.2, 0.25) is 5.02 Å². The minimum atomic E-state index is -0.584. The van der Waals surface area contributed by atoms with Crippen molar-refractivity contribution in [2.75, 3.05) is 14.1 Å². The molecule has 0 spiro atoms. The molecule has 0 amide bonds. The molecule has 1 rings (SSSR count). The number of hydrogen-bond donors (Lipinski definition) is 1. The van der Waals surface area contributed by atoms with E-state index in [1.807, 2.05) is 13.8 Å². The average Bonchev–Trinajstić information content (AvgIpc) is 2.44. The summed E-state index contributed by atoms with van der Waals surface area (Å²) in [6.45, 7) is 10.1. The molecule has 124 valence electrons. The molecule has 2 nitrogen and oxygen atoms in total. The van der Waals surface area contributed by atoms with Gasteiger partial charge in [0.05, 0.1) is 5.02 Å². The Bertz CT molecular complexity index is 360. The first-order valence-corrected chi connectivity index (χ1v) is 7.98. The highest BCUT2D eigenvalue weighted by Gasteiger charge is 2.03. The number of hydrogen-bond acceptors (Lipinski definition) is 2. The number of nitrogens with zero attached hydrogens (tertiary/aromatic N) is 1. The highest BCUT2D eigenvalue weighted by molar-refractivity contribution is 6.31. The van der Waals surface area contributed by atoms with Gasteiger partial charge in [0.15, 0.2) is 0 Å². The Morgan fingerprint density at radius 3 is 2.19 bits per heavy atom. The third kappa shape index (κ3) is 10.6. The number of phenolic OH excluding ortho intramolecular Hbond substituents is 1. The summed E-state index contributed by atoms with van der Waals surface area (Å²) in [5.41, 5.74) is 0.541. The van der Waals surface area contributed by atoms with Crippen molar-refractivity contribution in [3.05, 3.63) is 28.5 Å². The lowest BCUT2D eigenvalue weighted by Crippen LogP contribution is -2.24. The number of phenols is 1. The fourth-order valence-corrected chi connectivity index (χ4v) is 1.58. The Morgan fingerprint density at radius 1 is 1.29 bits per heavy atom. The predicted octanol–water partition coefficient (Wildman–Crippen LogP) is 5.65. The molecule has 0 radical (unpaired) electrons. The highest BCUT2D eigenvalue weighted by Crippen LogP contribution is 2.23. The van der Waals surface area contributed by atoms with Crippen LogP contribution < -0.4 is 0 Å². The quantitative estimate of drug-likeness (QED) is 0.775. The first-order chi connectivity index (χ1) is 9.79. The van der Waals surface area contributed by atoms with Crippen LogP contribution in [0.5, 0.6) is 5.75 Å². The van der Waals surface area contributed by atoms with E-state index in [4.69, 9.17) is 16.7 Å². The first kappa shape index (κ1) is 22.5. The normalized spacial score (nSPS) is 11.1. The molecular formula is C17H31ClFNO. The number of rotatable bonds is 4. The van der Waals surface area contributed by atoms with Gasteiger partial charge < -0.3 is 10.0 Å². The molecule has 0 aliphatic heterocycles. The van der Waals surface area contributed by atoms with Gasteiger partial charge in [-0.2, -0.15) is 0 Å². The molecular weight excluding hydrogens is 289 g/mol. The Kier molecular flexibility index (Phi) is 13.8. The van der Waals surface area contributed by atoms with Gasteiger partial charge in [-0.3, -0.25) is 0 Å². The molecule has 1 aromatic rings. The summed E-state index contributed by atoms with van der Waals surface area (Å²) in [4.78, 5) is 2.27. The second-order valence-electron chi connectivity index (χ2n) is 5.01. The second kappa shape index (κ2) is 12.9. The van der Waals surface area contributed by atoms with Crippen LogP contribution in [0.4, 0.5) is 4.39 Å². The molecule has 0 bridgehead atoms. The Balaban J connectivity index is 0. The summed E-state index contributed by atoms with van der Waals surface area (Å²) in [7, 11) is 4.28. The standard InChI is InChI=1S/C8H19N.C7H6ClFO.C2H6/c1-5-6-7-8(2)9(3)4;1-4-2-5(10)3-6(9)7(4)8;1-2/h8H,5-7H2,1-4H3;2-3,10H,1H3;1-2H3/t8-;;/m0../s1. The van der Waals surface area contributed by atoms with E-state index >= 15 is 0 Å². The van der Waals surface area contributed by atoms with E-state index in [1.165, 1.54) is 25.3 Å². The number of unbranched alkanes of at least 4 members (excludes halogenated alkanes) is 1. The SMILES string of the molecule is CC.CCCC[C@H](C)N(C)C.Cc1cc(O)cc(F)c1Cl. The summed E-state index contributed by atoms with van der Waals surface area (Å²) in [6.07, 6.45) is 4.01. The maximum absolute atomic E-state index is 12.5. The van der Waals surface area contributed by atoms with Gasteiger partial charge in [-0.15, -0.1) is 0 Å². The van der Waals surface area contributed by atoms with Gasteiger partial charge in [-0.25, -0.2) is 4.39 Å². The van der Waals surface area contributed by atoms with E-state index in [1.54, 1.807) is 6.92 Å². The Labute approximate surface area is 134 Å². The van der Waals surface area contributed by atoms with Crippen molar-refractivity contribution in [3.63, 3.8) is 0 Å². The topological polar surface area (TPSA) is 23.5 Å². The van der Waals surface area contributed by atoms with Gasteiger partial charge in [-0.05, 0) is 46.0 Å². The van der Waals surface area contributed by atoms with Crippen molar-refractivity contribution in [1.82, 2.24) is 4.90 Å². The molecule has 0 unspecified atom stereocenters. The van der Waals surface area contributed by atoms with Crippen LogP contribution in [-0.4, -0.2) is 30.1 Å². The van der Waals surface area contributed by atoms with Crippen LogP contribution in [0.25, 0.3) is 0 Å². The van der Waals surface area contributed by atoms with Crippen molar-refractivity contribution in [3.8, 4) is 5.75 Å². The lowest BCUT2D eigenvalue weighted by atomic mass is 10.1. The van der Waals surface area contributed by atoms with Crippen LogP contribution in [0.1, 0.15) is 52.5 Å². The summed E-state index contributed by atoms with van der Waals surface area (Å²) < 4.78 is 12.5. The molecule has 1 aromatic carbocycles. The third-order valence-corrected chi connectivity index (χ3v) is 3.53. The third-order valence-electron chi connectivity index (χ3n) is 3.05. The van der Waals surface area contributed by atoms with Gasteiger partial charge in [0.25, 0.3) is 0 Å². The molecule has 0 saturated carbocycles. The molecule has 0 fully saturated rings. The second-order valence-corrected chi connectivity index (χ2v) is 5.39. The number of halogens is 2. The van der Waals surface area contributed by atoms with E-state index in [9.17, 15) is 4.39 Å². The number of aryl methyl sites for hydroxylation is 1. The molecule has 0 aliphatic rings. The van der Waals surface area contributed by atoms with Gasteiger partial charge in [0.2, 0.25) is 0 Å². The lowest BCUT2D eigenvalue weighted by Gasteiger charge is -2.18. The van der Waals surface area contributed by atoms with E-state index in [-0.39, 0.29) is 10.8 Å². The summed E-state index contributed by atoms with van der Waals surface area (Å²) in [6, 6.07) is 3.14. The minimum Gasteiger partial charge on any atom is -0.508 e. The van der Waals surface area contributed by atoms with Crippen LogP contribution in [0.15, 0.2) is 12.1 Å². The van der Waals surface area contributed by atoms with Crippen LogP contribution in [0.3, 0.4) is 0 Å². The molecule has 4 heteroatoms. The Hall–Kier alpha value is -0.800. The van der Waals surface area contributed by atoms with Crippen molar-refractivity contribution in [2.45, 2.75) is 59.9 Å². The van der Waals surface area contributed by atoms with Gasteiger partial charge in [-0.1, -0.05) is 45.2 Å². The smallest absolute Gasteiger partial charge is 0.145 e. The van der Waals surface area contributed by atoms with Gasteiger partial charge >= 0.3 is 0 Å². The zero-order valence-corrected chi connectivity index (χ0v) is 15.3. The zero-order valence-electron chi connectivity index (χ0n) is 14.5. The molecule has 1 atom stereocenters. The maximum Gasteiger partial charge on any atom is 0.145 e. The fraction of sp³-hybridized carbons (Fsp3) is 0.647.